The molecular formula is C90H67N3Si3. The number of fused-ring (bicyclic) bond motifs is 6. The summed E-state index contributed by atoms with van der Waals surface area (Å²) in [5, 5.41) is 18.4. The van der Waals surface area contributed by atoms with E-state index in [-0.39, 0.29) is 0 Å². The molecule has 0 aliphatic carbocycles. The maximum absolute atomic E-state index is 2.97. The Morgan fingerprint density at radius 2 is 0.406 bits per heavy atom. The molecule has 1 aliphatic heterocycles. The van der Waals surface area contributed by atoms with E-state index in [0.29, 0.717) is 0 Å². The van der Waals surface area contributed by atoms with Crippen LogP contribution in [0.3, 0.4) is 0 Å². The first kappa shape index (κ1) is 58.2. The average molecular weight is 1270 g/mol. The first-order chi connectivity index (χ1) is 47.7. The zero-order valence-electron chi connectivity index (χ0n) is 53.0. The van der Waals surface area contributed by atoms with Gasteiger partial charge in [0.05, 0.1) is 39.5 Å². The van der Waals surface area contributed by atoms with Crippen LogP contribution in [0, 0.1) is 0 Å². The minimum atomic E-state index is -2.97. The highest BCUT2D eigenvalue weighted by Crippen LogP contribution is 2.52. The lowest BCUT2D eigenvalue weighted by Gasteiger charge is -2.36. The van der Waals surface area contributed by atoms with Crippen molar-refractivity contribution in [2.75, 3.05) is 9.80 Å². The van der Waals surface area contributed by atoms with Crippen LogP contribution < -0.4 is 72.0 Å². The monoisotopic (exact) mass is 1270 g/mol. The molecule has 17 rings (SSSR count). The van der Waals surface area contributed by atoms with Crippen LogP contribution in [0.2, 0.25) is 0 Å². The molecule has 2 heterocycles. The second-order valence-corrected chi connectivity index (χ2v) is 36.5. The fourth-order valence-electron chi connectivity index (χ4n) is 16.1. The van der Waals surface area contributed by atoms with E-state index < -0.39 is 24.2 Å². The molecule has 3 nitrogen and oxygen atoms in total. The Bertz CT molecular complexity index is 5080. The summed E-state index contributed by atoms with van der Waals surface area (Å²) in [6, 6.07) is 153. The fraction of sp³-hybridized carbons (Fsp3) is 0. The molecule has 0 saturated heterocycles. The topological polar surface area (TPSA) is 11.4 Å². The lowest BCUT2D eigenvalue weighted by molar-refractivity contribution is 1.15. The van der Waals surface area contributed by atoms with Gasteiger partial charge in [-0.15, -0.1) is 0 Å². The molecule has 96 heavy (non-hydrogen) atoms. The standard InChI is InChI=1S/C90H67N3Si3/c1-10-33-70(34-11-1)94(71-35-12-2-13-36-71,72-37-14-3-15-38-72)79-61-57-68(58-62-79)91-85-52-28-29-53-86(85)92(69-59-63-80(64-60-69)95(73-39-16-4-17-40-73,74-41-18-5-19-42-74)75-43-20-6-21-44-75)89-56-32-51-82-83-67-81(65-66-84(83)93(90(82)89)88-55-31-30-54-87(88)91)96(76-45-22-7-23-46-76,77-47-24-8-25-48-77)78-49-26-9-27-50-78/h1-67H. The van der Waals surface area contributed by atoms with E-state index in [0.717, 1.165) is 50.8 Å². The lowest BCUT2D eigenvalue weighted by atomic mass is 10.1. The summed E-state index contributed by atoms with van der Waals surface area (Å²) in [6.07, 6.45) is 0. The smallest absolute Gasteiger partial charge is 0.179 e. The summed E-state index contributed by atoms with van der Waals surface area (Å²) in [5.41, 5.74) is 9.72. The van der Waals surface area contributed by atoms with Gasteiger partial charge in [0.15, 0.2) is 24.2 Å². The zero-order valence-corrected chi connectivity index (χ0v) is 56.0. The van der Waals surface area contributed by atoms with Crippen molar-refractivity contribution in [3.8, 4) is 5.69 Å². The van der Waals surface area contributed by atoms with Crippen molar-refractivity contribution < 1.29 is 0 Å². The summed E-state index contributed by atoms with van der Waals surface area (Å²) in [6.45, 7) is 0. The van der Waals surface area contributed by atoms with Gasteiger partial charge in [-0.05, 0) is 123 Å². The molecule has 0 unspecified atom stereocenters. The van der Waals surface area contributed by atoms with Crippen LogP contribution in [0.25, 0.3) is 27.5 Å². The van der Waals surface area contributed by atoms with Crippen molar-refractivity contribution in [2.24, 2.45) is 0 Å². The quantitative estimate of drug-likeness (QED) is 0.0794. The number of aromatic nitrogens is 1. The van der Waals surface area contributed by atoms with Crippen LogP contribution in [0.4, 0.5) is 34.1 Å². The maximum Gasteiger partial charge on any atom is 0.179 e. The van der Waals surface area contributed by atoms with E-state index in [1.165, 1.54) is 73.0 Å². The van der Waals surface area contributed by atoms with Gasteiger partial charge in [0.25, 0.3) is 0 Å². The predicted octanol–water partition coefficient (Wildman–Crippen LogP) is 14.2. The zero-order chi connectivity index (χ0) is 63.9. The Balaban J connectivity index is 0.946. The van der Waals surface area contributed by atoms with E-state index >= 15 is 0 Å². The molecule has 454 valence electrons. The molecule has 0 spiro atoms. The van der Waals surface area contributed by atoms with Crippen LogP contribution in [0.1, 0.15) is 0 Å². The Hall–Kier alpha value is -11.6. The van der Waals surface area contributed by atoms with E-state index in [1.54, 1.807) is 0 Å². The van der Waals surface area contributed by atoms with Gasteiger partial charge in [0.2, 0.25) is 0 Å². The minimum absolute atomic E-state index is 1.05. The fourth-order valence-corrected chi connectivity index (χ4v) is 30.4. The molecule has 0 atom stereocenters. The van der Waals surface area contributed by atoms with Crippen molar-refractivity contribution in [3.63, 3.8) is 0 Å². The van der Waals surface area contributed by atoms with Crippen molar-refractivity contribution in [3.05, 3.63) is 406 Å². The molecule has 1 aromatic heterocycles. The summed E-state index contributed by atoms with van der Waals surface area (Å²) in [7, 11) is -8.76. The number of anilines is 6. The normalized spacial score (nSPS) is 12.3. The van der Waals surface area contributed by atoms with Gasteiger partial charge in [0, 0.05) is 22.1 Å². The van der Waals surface area contributed by atoms with Crippen LogP contribution in [-0.2, 0) is 0 Å². The maximum atomic E-state index is 2.58. The lowest BCUT2D eigenvalue weighted by Crippen LogP contribution is -2.74. The van der Waals surface area contributed by atoms with Crippen molar-refractivity contribution in [1.29, 1.82) is 0 Å². The average Bonchev–Trinajstić information content (AvgIpc) is 1.48. The van der Waals surface area contributed by atoms with E-state index in [4.69, 9.17) is 0 Å². The molecule has 0 N–H and O–H groups in total. The molecular weight excluding hydrogens is 1210 g/mol. The van der Waals surface area contributed by atoms with Gasteiger partial charge in [-0.3, -0.25) is 0 Å². The highest BCUT2D eigenvalue weighted by Gasteiger charge is 2.45. The molecule has 0 amide bonds. The number of nitrogens with zero attached hydrogens (tertiary/aromatic N) is 3. The van der Waals surface area contributed by atoms with Gasteiger partial charge < -0.3 is 14.4 Å². The van der Waals surface area contributed by atoms with Gasteiger partial charge in [-0.1, -0.05) is 346 Å². The molecule has 0 radical (unpaired) electrons. The Morgan fingerprint density at radius 3 is 0.729 bits per heavy atom. The summed E-state index contributed by atoms with van der Waals surface area (Å²) < 4.78 is 2.58. The minimum Gasteiger partial charge on any atom is -0.306 e. The summed E-state index contributed by atoms with van der Waals surface area (Å²) in [5.74, 6) is 0. The number of hydrogen-bond acceptors (Lipinski definition) is 2. The van der Waals surface area contributed by atoms with Crippen molar-refractivity contribution >= 4 is 142 Å². The van der Waals surface area contributed by atoms with Gasteiger partial charge in [-0.25, -0.2) is 0 Å². The Kier molecular flexibility index (Phi) is 15.0. The molecule has 15 aromatic carbocycles. The Morgan fingerprint density at radius 1 is 0.167 bits per heavy atom. The number of para-hydroxylation sites is 5. The third-order valence-electron chi connectivity index (χ3n) is 20.1. The highest BCUT2D eigenvalue weighted by molar-refractivity contribution is 7.21. The van der Waals surface area contributed by atoms with Gasteiger partial charge in [-0.2, -0.15) is 0 Å². The van der Waals surface area contributed by atoms with Gasteiger partial charge in [0.1, 0.15) is 0 Å². The third kappa shape index (κ3) is 9.36. The second kappa shape index (κ2) is 24.7. The first-order valence-corrected chi connectivity index (χ1v) is 39.2. The number of benzene rings is 15. The summed E-state index contributed by atoms with van der Waals surface area (Å²) >= 11 is 0. The van der Waals surface area contributed by atoms with E-state index in [9.17, 15) is 0 Å². The summed E-state index contributed by atoms with van der Waals surface area (Å²) in [4.78, 5) is 5.08. The predicted molar refractivity (Wildman–Crippen MR) is 415 cm³/mol. The first-order valence-electron chi connectivity index (χ1n) is 33.2. The van der Waals surface area contributed by atoms with Crippen molar-refractivity contribution in [1.82, 2.24) is 4.57 Å². The van der Waals surface area contributed by atoms with Crippen LogP contribution in [-0.4, -0.2) is 28.8 Å². The van der Waals surface area contributed by atoms with Gasteiger partial charge >= 0.3 is 0 Å². The van der Waals surface area contributed by atoms with Crippen LogP contribution >= 0.6 is 0 Å². The number of hydrogen-bond donors (Lipinski definition) is 0. The van der Waals surface area contributed by atoms with E-state index in [2.05, 4.69) is 421 Å². The van der Waals surface area contributed by atoms with Crippen molar-refractivity contribution in [2.45, 2.75) is 0 Å². The Labute approximate surface area is 565 Å². The molecule has 0 saturated carbocycles. The highest BCUT2D eigenvalue weighted by atomic mass is 28.3. The van der Waals surface area contributed by atoms with E-state index in [1.807, 2.05) is 0 Å². The third-order valence-corrected chi connectivity index (χ3v) is 34.5. The molecule has 6 heteroatoms. The van der Waals surface area contributed by atoms with Crippen LogP contribution in [0.5, 0.6) is 0 Å². The molecule has 1 aliphatic rings. The van der Waals surface area contributed by atoms with Crippen LogP contribution in [0.15, 0.2) is 406 Å². The second-order valence-electron chi connectivity index (χ2n) is 25.0. The molecule has 16 aromatic rings. The SMILES string of the molecule is c1ccc([Si](c2ccccc2)(c2ccccc2)c2ccc(N3c4ccccc4N(c4ccc([Si](c5ccccc5)(c5ccccc5)c5ccccc5)cc4)c4cccc5c6cc([Si](c7ccccc7)(c7ccccc7)c7ccccc7)ccc6n(c45)-c4ccccc43)cc2)cc1. The largest absolute Gasteiger partial charge is 0.306 e. The molecule has 0 bridgehead atoms. The number of rotatable bonds is 14. The molecule has 0 fully saturated rings.